The highest BCUT2D eigenvalue weighted by Crippen LogP contribution is 2.12. The molecular formula is C12H11N3O2. The van der Waals surface area contributed by atoms with Gasteiger partial charge in [-0.2, -0.15) is 0 Å². The van der Waals surface area contributed by atoms with Crippen LogP contribution in [0, 0.1) is 0 Å². The number of anilines is 1. The van der Waals surface area contributed by atoms with Gasteiger partial charge in [-0.25, -0.2) is 4.98 Å². The Bertz CT molecular complexity index is 497. The van der Waals surface area contributed by atoms with Crippen LogP contribution in [0.25, 0.3) is 0 Å². The van der Waals surface area contributed by atoms with Gasteiger partial charge in [0.15, 0.2) is 5.82 Å². The average Bonchev–Trinajstić information content (AvgIpc) is 2.40. The number of benzene rings is 1. The first-order valence-corrected chi connectivity index (χ1v) is 5.01. The largest absolute Gasteiger partial charge is 0.497 e. The molecule has 1 aromatic carbocycles. The lowest BCUT2D eigenvalue weighted by Gasteiger charge is -2.04. The van der Waals surface area contributed by atoms with E-state index in [4.69, 9.17) is 4.74 Å². The maximum absolute atomic E-state index is 11.8. The molecule has 1 amide bonds. The van der Waals surface area contributed by atoms with Crippen LogP contribution in [0.1, 0.15) is 10.4 Å². The zero-order valence-electron chi connectivity index (χ0n) is 9.25. The van der Waals surface area contributed by atoms with Crippen molar-refractivity contribution in [2.45, 2.75) is 0 Å². The number of carbonyl (C=O) groups excluding carboxylic acids is 1. The second-order valence-electron chi connectivity index (χ2n) is 3.27. The Balaban J connectivity index is 2.09. The first kappa shape index (κ1) is 11.1. The Morgan fingerprint density at radius 3 is 2.59 bits per heavy atom. The van der Waals surface area contributed by atoms with Gasteiger partial charge in [0.05, 0.1) is 13.3 Å². The van der Waals surface area contributed by atoms with Gasteiger partial charge < -0.3 is 10.1 Å². The molecule has 0 unspecified atom stereocenters. The van der Waals surface area contributed by atoms with Gasteiger partial charge in [-0.3, -0.25) is 9.78 Å². The van der Waals surface area contributed by atoms with Crippen LogP contribution < -0.4 is 10.1 Å². The van der Waals surface area contributed by atoms with Gasteiger partial charge in [-0.1, -0.05) is 0 Å². The molecule has 17 heavy (non-hydrogen) atoms. The molecule has 0 aliphatic carbocycles. The van der Waals surface area contributed by atoms with Crippen molar-refractivity contribution >= 4 is 11.7 Å². The zero-order valence-corrected chi connectivity index (χ0v) is 9.25. The second-order valence-corrected chi connectivity index (χ2v) is 3.27. The minimum atomic E-state index is -0.229. The van der Waals surface area contributed by atoms with Crippen LogP contribution >= 0.6 is 0 Å². The van der Waals surface area contributed by atoms with Crippen molar-refractivity contribution in [2.75, 3.05) is 12.4 Å². The molecule has 1 heterocycles. The van der Waals surface area contributed by atoms with Gasteiger partial charge in [0, 0.05) is 18.0 Å². The number of hydrogen-bond acceptors (Lipinski definition) is 4. The first-order chi connectivity index (χ1) is 8.29. The maximum atomic E-state index is 11.8. The van der Waals surface area contributed by atoms with Crippen molar-refractivity contribution < 1.29 is 9.53 Å². The highest BCUT2D eigenvalue weighted by molar-refractivity contribution is 6.03. The van der Waals surface area contributed by atoms with Crippen molar-refractivity contribution in [2.24, 2.45) is 0 Å². The lowest BCUT2D eigenvalue weighted by atomic mass is 10.2. The monoisotopic (exact) mass is 229 g/mol. The van der Waals surface area contributed by atoms with Crippen molar-refractivity contribution in [3.05, 3.63) is 48.4 Å². The van der Waals surface area contributed by atoms with E-state index >= 15 is 0 Å². The third-order valence-electron chi connectivity index (χ3n) is 2.16. The van der Waals surface area contributed by atoms with E-state index < -0.39 is 0 Å². The van der Waals surface area contributed by atoms with Crippen LogP contribution in [0.4, 0.5) is 5.82 Å². The summed E-state index contributed by atoms with van der Waals surface area (Å²) in [5, 5.41) is 2.64. The molecule has 0 saturated carbocycles. The number of methoxy groups -OCH3 is 1. The van der Waals surface area contributed by atoms with Crippen LogP contribution in [0.3, 0.4) is 0 Å². The van der Waals surface area contributed by atoms with Gasteiger partial charge in [-0.05, 0) is 24.3 Å². The summed E-state index contributed by atoms with van der Waals surface area (Å²) in [5.74, 6) is 0.905. The quantitative estimate of drug-likeness (QED) is 0.870. The molecule has 0 radical (unpaired) electrons. The summed E-state index contributed by atoms with van der Waals surface area (Å²) in [6.45, 7) is 0. The van der Waals surface area contributed by atoms with Crippen LogP contribution in [-0.4, -0.2) is 23.0 Å². The summed E-state index contributed by atoms with van der Waals surface area (Å²) in [6, 6.07) is 6.83. The molecule has 5 heteroatoms. The molecule has 2 rings (SSSR count). The fourth-order valence-electron chi connectivity index (χ4n) is 1.29. The fraction of sp³-hybridized carbons (Fsp3) is 0.0833. The lowest BCUT2D eigenvalue weighted by Crippen LogP contribution is -2.12. The van der Waals surface area contributed by atoms with Crippen molar-refractivity contribution in [1.82, 2.24) is 9.97 Å². The summed E-state index contributed by atoms with van der Waals surface area (Å²) in [5.41, 5.74) is 0.538. The summed E-state index contributed by atoms with van der Waals surface area (Å²) in [7, 11) is 1.58. The molecule has 0 aliphatic rings. The van der Waals surface area contributed by atoms with E-state index in [1.54, 1.807) is 37.6 Å². The number of hydrogen-bond donors (Lipinski definition) is 1. The standard InChI is InChI=1S/C12H11N3O2/c1-17-10-4-2-9(3-5-10)12(16)15-11-8-13-6-7-14-11/h2-8H,1H3,(H,14,15,16). The smallest absolute Gasteiger partial charge is 0.256 e. The van der Waals surface area contributed by atoms with Crippen LogP contribution in [0.15, 0.2) is 42.9 Å². The van der Waals surface area contributed by atoms with E-state index in [0.29, 0.717) is 17.1 Å². The second kappa shape index (κ2) is 5.07. The Labute approximate surface area is 98.5 Å². The Hall–Kier alpha value is -2.43. The van der Waals surface area contributed by atoms with E-state index in [1.165, 1.54) is 12.4 Å². The summed E-state index contributed by atoms with van der Waals surface area (Å²) in [6.07, 6.45) is 4.55. The molecule has 0 aliphatic heterocycles. The molecular weight excluding hydrogens is 218 g/mol. The van der Waals surface area contributed by atoms with E-state index in [2.05, 4.69) is 15.3 Å². The molecule has 0 atom stereocenters. The van der Waals surface area contributed by atoms with Crippen molar-refractivity contribution in [3.63, 3.8) is 0 Å². The fourth-order valence-corrected chi connectivity index (χ4v) is 1.29. The molecule has 1 N–H and O–H groups in total. The molecule has 86 valence electrons. The molecule has 0 fully saturated rings. The number of aromatic nitrogens is 2. The first-order valence-electron chi connectivity index (χ1n) is 5.01. The maximum Gasteiger partial charge on any atom is 0.256 e. The molecule has 0 saturated heterocycles. The number of nitrogens with one attached hydrogen (secondary N) is 1. The number of nitrogens with zero attached hydrogens (tertiary/aromatic N) is 2. The number of rotatable bonds is 3. The minimum absolute atomic E-state index is 0.229. The predicted octanol–water partition coefficient (Wildman–Crippen LogP) is 1.74. The van der Waals surface area contributed by atoms with E-state index in [9.17, 15) is 4.79 Å². The van der Waals surface area contributed by atoms with Gasteiger partial charge in [0.1, 0.15) is 5.75 Å². The van der Waals surface area contributed by atoms with Gasteiger partial charge in [0.25, 0.3) is 5.91 Å². The molecule has 0 bridgehead atoms. The third-order valence-corrected chi connectivity index (χ3v) is 2.16. The van der Waals surface area contributed by atoms with Gasteiger partial charge in [-0.15, -0.1) is 0 Å². The molecule has 1 aromatic heterocycles. The Kier molecular flexibility index (Phi) is 3.30. The number of amides is 1. The Morgan fingerprint density at radius 2 is 2.00 bits per heavy atom. The zero-order chi connectivity index (χ0) is 12.1. The summed E-state index contributed by atoms with van der Waals surface area (Å²) in [4.78, 5) is 19.6. The third kappa shape index (κ3) is 2.78. The van der Waals surface area contributed by atoms with E-state index in [1.807, 2.05) is 0 Å². The predicted molar refractivity (Wildman–Crippen MR) is 63.0 cm³/mol. The Morgan fingerprint density at radius 1 is 1.24 bits per heavy atom. The molecule has 5 nitrogen and oxygen atoms in total. The van der Waals surface area contributed by atoms with Crippen molar-refractivity contribution in [1.29, 1.82) is 0 Å². The van der Waals surface area contributed by atoms with Crippen molar-refractivity contribution in [3.8, 4) is 5.75 Å². The van der Waals surface area contributed by atoms with Crippen LogP contribution in [0.5, 0.6) is 5.75 Å². The number of ether oxygens (including phenoxy) is 1. The van der Waals surface area contributed by atoms with Gasteiger partial charge in [0.2, 0.25) is 0 Å². The molecule has 0 spiro atoms. The summed E-state index contributed by atoms with van der Waals surface area (Å²) >= 11 is 0. The van der Waals surface area contributed by atoms with Crippen LogP contribution in [-0.2, 0) is 0 Å². The average molecular weight is 229 g/mol. The minimum Gasteiger partial charge on any atom is -0.497 e. The lowest BCUT2D eigenvalue weighted by molar-refractivity contribution is 0.102. The van der Waals surface area contributed by atoms with E-state index in [0.717, 1.165) is 0 Å². The topological polar surface area (TPSA) is 64.1 Å². The highest BCUT2D eigenvalue weighted by Gasteiger charge is 2.06. The number of carbonyl (C=O) groups is 1. The SMILES string of the molecule is COc1ccc(C(=O)Nc2cnccn2)cc1. The van der Waals surface area contributed by atoms with Gasteiger partial charge >= 0.3 is 0 Å². The van der Waals surface area contributed by atoms with Crippen LogP contribution in [0.2, 0.25) is 0 Å². The molecule has 2 aromatic rings. The summed E-state index contributed by atoms with van der Waals surface area (Å²) < 4.78 is 5.01. The van der Waals surface area contributed by atoms with E-state index in [-0.39, 0.29) is 5.91 Å². The highest BCUT2D eigenvalue weighted by atomic mass is 16.5. The normalized spacial score (nSPS) is 9.71.